The van der Waals surface area contributed by atoms with Crippen molar-refractivity contribution in [2.45, 2.75) is 24.0 Å². The van der Waals surface area contributed by atoms with Crippen LogP contribution in [0.5, 0.6) is 11.5 Å². The first kappa shape index (κ1) is 21.1. The molecule has 10 heteroatoms. The standard InChI is InChI=1S/C19H17F6NO3/c1-27-14-7-3-12(4-8-14)26(13-5-9-15(28-2)10-6-13)16-18(22,23)19(24,25)17(20,21)11-29-16/h3-10,16H,11H2,1-2H3. The smallest absolute Gasteiger partial charge is 0.378 e. The minimum Gasteiger partial charge on any atom is -0.497 e. The van der Waals surface area contributed by atoms with Crippen LogP contribution >= 0.6 is 0 Å². The molecule has 29 heavy (non-hydrogen) atoms. The summed E-state index contributed by atoms with van der Waals surface area (Å²) >= 11 is 0. The summed E-state index contributed by atoms with van der Waals surface area (Å²) in [5, 5.41) is 0. The van der Waals surface area contributed by atoms with Crippen LogP contribution < -0.4 is 14.4 Å². The average molecular weight is 421 g/mol. The fourth-order valence-corrected chi connectivity index (χ4v) is 2.92. The zero-order valence-corrected chi connectivity index (χ0v) is 15.3. The fraction of sp³-hybridized carbons (Fsp3) is 0.368. The van der Waals surface area contributed by atoms with Crippen molar-refractivity contribution in [3.8, 4) is 11.5 Å². The van der Waals surface area contributed by atoms with Gasteiger partial charge in [0.2, 0.25) is 6.23 Å². The molecule has 1 aliphatic heterocycles. The summed E-state index contributed by atoms with van der Waals surface area (Å²) in [6, 6.07) is 11.0. The number of alkyl halides is 6. The molecule has 0 aromatic heterocycles. The number of hydrogen-bond donors (Lipinski definition) is 0. The van der Waals surface area contributed by atoms with Gasteiger partial charge in [-0.3, -0.25) is 0 Å². The number of halogens is 6. The van der Waals surface area contributed by atoms with Gasteiger partial charge >= 0.3 is 17.8 Å². The maximum atomic E-state index is 14.6. The summed E-state index contributed by atoms with van der Waals surface area (Å²) in [5.41, 5.74) is 0.0308. The summed E-state index contributed by atoms with van der Waals surface area (Å²) < 4.78 is 98.8. The first-order chi connectivity index (χ1) is 13.5. The molecule has 3 rings (SSSR count). The molecule has 0 radical (unpaired) electrons. The summed E-state index contributed by atoms with van der Waals surface area (Å²) in [7, 11) is 2.77. The van der Waals surface area contributed by atoms with E-state index in [1.807, 2.05) is 0 Å². The van der Waals surface area contributed by atoms with Crippen LogP contribution in [0.3, 0.4) is 0 Å². The molecule has 0 amide bonds. The molecule has 0 saturated carbocycles. The van der Waals surface area contributed by atoms with Crippen molar-refractivity contribution in [3.05, 3.63) is 48.5 Å². The minimum absolute atomic E-state index is 0.0154. The lowest BCUT2D eigenvalue weighted by Crippen LogP contribution is -2.69. The van der Waals surface area contributed by atoms with Crippen molar-refractivity contribution in [1.82, 2.24) is 0 Å². The molecule has 158 valence electrons. The average Bonchev–Trinajstić information content (AvgIpc) is 2.70. The Morgan fingerprint density at radius 1 is 0.793 bits per heavy atom. The first-order valence-corrected chi connectivity index (χ1v) is 8.37. The third-order valence-electron chi connectivity index (χ3n) is 4.55. The molecule has 0 bridgehead atoms. The van der Waals surface area contributed by atoms with Crippen LogP contribution in [-0.4, -0.2) is 44.8 Å². The Bertz CT molecular complexity index is 795. The molecule has 1 saturated heterocycles. The van der Waals surface area contributed by atoms with Gasteiger partial charge in [0.25, 0.3) is 0 Å². The third-order valence-corrected chi connectivity index (χ3v) is 4.55. The first-order valence-electron chi connectivity index (χ1n) is 8.37. The monoisotopic (exact) mass is 421 g/mol. The number of rotatable bonds is 5. The topological polar surface area (TPSA) is 30.9 Å². The minimum atomic E-state index is -5.61. The van der Waals surface area contributed by atoms with Crippen LogP contribution in [0, 0.1) is 0 Å². The molecule has 0 aliphatic carbocycles. The van der Waals surface area contributed by atoms with E-state index in [9.17, 15) is 26.3 Å². The van der Waals surface area contributed by atoms with E-state index in [2.05, 4.69) is 4.74 Å². The van der Waals surface area contributed by atoms with E-state index in [1.54, 1.807) is 0 Å². The van der Waals surface area contributed by atoms with Gasteiger partial charge in [0.15, 0.2) is 0 Å². The molecule has 1 unspecified atom stereocenters. The molecule has 1 aliphatic rings. The highest BCUT2D eigenvalue weighted by Crippen LogP contribution is 2.53. The van der Waals surface area contributed by atoms with Gasteiger partial charge in [-0.15, -0.1) is 0 Å². The Balaban J connectivity index is 2.11. The van der Waals surface area contributed by atoms with E-state index in [0.29, 0.717) is 11.5 Å². The van der Waals surface area contributed by atoms with Crippen molar-refractivity contribution < 1.29 is 40.6 Å². The maximum Gasteiger partial charge on any atom is 0.378 e. The molecular weight excluding hydrogens is 404 g/mol. The Labute approximate surface area is 162 Å². The molecule has 0 spiro atoms. The van der Waals surface area contributed by atoms with Crippen LogP contribution in [0.2, 0.25) is 0 Å². The van der Waals surface area contributed by atoms with Gasteiger partial charge in [0.1, 0.15) is 18.1 Å². The van der Waals surface area contributed by atoms with Gasteiger partial charge < -0.3 is 19.1 Å². The second kappa shape index (κ2) is 7.33. The van der Waals surface area contributed by atoms with E-state index in [0.717, 1.165) is 4.90 Å². The maximum absolute atomic E-state index is 14.6. The Morgan fingerprint density at radius 3 is 1.59 bits per heavy atom. The molecule has 2 aromatic carbocycles. The largest absolute Gasteiger partial charge is 0.497 e. The van der Waals surface area contributed by atoms with E-state index in [1.165, 1.54) is 62.8 Å². The highest BCUT2D eigenvalue weighted by molar-refractivity contribution is 5.65. The number of methoxy groups -OCH3 is 2. The third kappa shape index (κ3) is 3.45. The zero-order valence-electron chi connectivity index (χ0n) is 15.3. The van der Waals surface area contributed by atoms with Crippen LogP contribution in [0.25, 0.3) is 0 Å². The summed E-state index contributed by atoms with van der Waals surface area (Å²) in [6.07, 6.45) is -2.68. The van der Waals surface area contributed by atoms with Crippen LogP contribution in [0.15, 0.2) is 48.5 Å². The van der Waals surface area contributed by atoms with Gasteiger partial charge in [0, 0.05) is 11.4 Å². The second-order valence-electron chi connectivity index (χ2n) is 6.33. The van der Waals surface area contributed by atoms with Crippen molar-refractivity contribution in [2.75, 3.05) is 25.7 Å². The fourth-order valence-electron chi connectivity index (χ4n) is 2.92. The normalized spacial score (nSPS) is 22.0. The molecule has 0 N–H and O–H groups in total. The van der Waals surface area contributed by atoms with Gasteiger partial charge in [0.05, 0.1) is 14.2 Å². The van der Waals surface area contributed by atoms with Gasteiger partial charge in [-0.1, -0.05) is 0 Å². The van der Waals surface area contributed by atoms with Gasteiger partial charge in [-0.25, -0.2) is 0 Å². The predicted molar refractivity (Wildman–Crippen MR) is 92.7 cm³/mol. The van der Waals surface area contributed by atoms with E-state index in [-0.39, 0.29) is 11.4 Å². The summed E-state index contributed by atoms with van der Waals surface area (Å²) in [4.78, 5) is 0.738. The van der Waals surface area contributed by atoms with E-state index >= 15 is 0 Å². The molecule has 1 fully saturated rings. The lowest BCUT2D eigenvalue weighted by molar-refractivity contribution is -0.381. The number of hydrogen-bond acceptors (Lipinski definition) is 4. The van der Waals surface area contributed by atoms with Gasteiger partial charge in [-0.05, 0) is 48.5 Å². The Hall–Kier alpha value is -2.62. The summed E-state index contributed by atoms with van der Waals surface area (Å²) in [5.74, 6) is -15.1. The SMILES string of the molecule is COc1ccc(N(c2ccc(OC)cc2)C2OCC(F)(F)C(F)(F)C2(F)F)cc1. The van der Waals surface area contributed by atoms with Crippen LogP contribution in [0.1, 0.15) is 0 Å². The molecule has 1 heterocycles. The lowest BCUT2D eigenvalue weighted by atomic mass is 9.99. The number of nitrogens with zero attached hydrogens (tertiary/aromatic N) is 1. The highest BCUT2D eigenvalue weighted by Gasteiger charge is 2.78. The lowest BCUT2D eigenvalue weighted by Gasteiger charge is -2.46. The summed E-state index contributed by atoms with van der Waals surface area (Å²) in [6.45, 7) is -1.86. The molecule has 4 nitrogen and oxygen atoms in total. The Morgan fingerprint density at radius 2 is 1.21 bits per heavy atom. The number of anilines is 2. The van der Waals surface area contributed by atoms with E-state index < -0.39 is 30.6 Å². The molecule has 2 aromatic rings. The molecule has 1 atom stereocenters. The van der Waals surface area contributed by atoms with Crippen molar-refractivity contribution in [1.29, 1.82) is 0 Å². The molecular formula is C19H17F6NO3. The predicted octanol–water partition coefficient (Wildman–Crippen LogP) is 5.10. The van der Waals surface area contributed by atoms with E-state index in [4.69, 9.17) is 9.47 Å². The second-order valence-corrected chi connectivity index (χ2v) is 6.33. The van der Waals surface area contributed by atoms with Gasteiger partial charge in [-0.2, -0.15) is 26.3 Å². The van der Waals surface area contributed by atoms with Crippen LogP contribution in [-0.2, 0) is 4.74 Å². The Kier molecular flexibility index (Phi) is 5.33. The number of ether oxygens (including phenoxy) is 3. The number of benzene rings is 2. The van der Waals surface area contributed by atoms with Crippen molar-refractivity contribution in [2.24, 2.45) is 0 Å². The van der Waals surface area contributed by atoms with Crippen molar-refractivity contribution in [3.63, 3.8) is 0 Å². The highest BCUT2D eigenvalue weighted by atomic mass is 19.3. The van der Waals surface area contributed by atoms with Crippen molar-refractivity contribution >= 4 is 11.4 Å². The quantitative estimate of drug-likeness (QED) is 0.629. The zero-order chi connectivity index (χ0) is 21.4. The van der Waals surface area contributed by atoms with Crippen LogP contribution in [0.4, 0.5) is 37.7 Å².